The standard InChI is InChI=1S/C12H11F2N5O/c1-6-8(11(20)18-12(15)16)5-17-19(6)10-3-2-7(13)4-9(10)14/h2-5H,1H3,(H4,15,16,18,20). The fourth-order valence-corrected chi connectivity index (χ4v) is 1.69. The van der Waals surface area contributed by atoms with E-state index in [1.54, 1.807) is 6.92 Å². The first-order valence-corrected chi connectivity index (χ1v) is 5.54. The van der Waals surface area contributed by atoms with Crippen LogP contribution < -0.4 is 11.5 Å². The average molecular weight is 279 g/mol. The number of benzene rings is 1. The number of guanidine groups is 1. The number of rotatable bonds is 2. The molecule has 0 radical (unpaired) electrons. The highest BCUT2D eigenvalue weighted by Crippen LogP contribution is 2.18. The van der Waals surface area contributed by atoms with E-state index in [9.17, 15) is 13.6 Å². The largest absolute Gasteiger partial charge is 0.370 e. The number of amides is 1. The summed E-state index contributed by atoms with van der Waals surface area (Å²) >= 11 is 0. The third-order valence-corrected chi connectivity index (χ3v) is 2.61. The number of halogens is 2. The lowest BCUT2D eigenvalue weighted by molar-refractivity contribution is 0.100. The summed E-state index contributed by atoms with van der Waals surface area (Å²) in [6.45, 7) is 1.55. The maximum atomic E-state index is 13.7. The smallest absolute Gasteiger partial charge is 0.283 e. The van der Waals surface area contributed by atoms with Crippen molar-refractivity contribution in [2.75, 3.05) is 0 Å². The minimum absolute atomic E-state index is 0.0210. The lowest BCUT2D eigenvalue weighted by Crippen LogP contribution is -2.24. The summed E-state index contributed by atoms with van der Waals surface area (Å²) in [5.41, 5.74) is 10.7. The zero-order valence-corrected chi connectivity index (χ0v) is 10.5. The van der Waals surface area contributed by atoms with Gasteiger partial charge in [-0.1, -0.05) is 0 Å². The van der Waals surface area contributed by atoms with Gasteiger partial charge < -0.3 is 11.5 Å². The first-order valence-electron chi connectivity index (χ1n) is 5.54. The normalized spacial score (nSPS) is 10.3. The van der Waals surface area contributed by atoms with Gasteiger partial charge in [-0.3, -0.25) is 4.79 Å². The molecule has 0 aliphatic carbocycles. The minimum Gasteiger partial charge on any atom is -0.370 e. The summed E-state index contributed by atoms with van der Waals surface area (Å²) in [6, 6.07) is 3.05. The van der Waals surface area contributed by atoms with E-state index in [2.05, 4.69) is 10.1 Å². The summed E-state index contributed by atoms with van der Waals surface area (Å²) in [6.07, 6.45) is 1.22. The van der Waals surface area contributed by atoms with Gasteiger partial charge in [0.15, 0.2) is 11.8 Å². The van der Waals surface area contributed by atoms with E-state index in [0.29, 0.717) is 5.69 Å². The summed E-state index contributed by atoms with van der Waals surface area (Å²) in [5, 5.41) is 3.89. The molecule has 4 N–H and O–H groups in total. The monoisotopic (exact) mass is 279 g/mol. The number of carbonyl (C=O) groups is 1. The first kappa shape index (κ1) is 13.7. The number of aromatic nitrogens is 2. The maximum absolute atomic E-state index is 13.7. The molecule has 1 aromatic carbocycles. The third kappa shape index (κ3) is 2.48. The van der Waals surface area contributed by atoms with Gasteiger partial charge in [-0.25, -0.2) is 13.5 Å². The molecule has 104 valence electrons. The van der Waals surface area contributed by atoms with E-state index in [1.165, 1.54) is 16.9 Å². The van der Waals surface area contributed by atoms with Crippen molar-refractivity contribution in [3.05, 3.63) is 47.3 Å². The predicted octanol–water partition coefficient (Wildman–Crippen LogP) is 0.873. The molecule has 8 heteroatoms. The van der Waals surface area contributed by atoms with E-state index in [1.807, 2.05) is 0 Å². The minimum atomic E-state index is -0.794. The van der Waals surface area contributed by atoms with Crippen molar-refractivity contribution in [3.63, 3.8) is 0 Å². The molecule has 0 aliphatic heterocycles. The van der Waals surface area contributed by atoms with Crippen molar-refractivity contribution in [2.24, 2.45) is 16.5 Å². The number of hydrogen-bond donors (Lipinski definition) is 2. The number of aliphatic imine (C=N–C) groups is 1. The molecule has 0 fully saturated rings. The van der Waals surface area contributed by atoms with Gasteiger partial charge in [0.2, 0.25) is 0 Å². The molecule has 0 atom stereocenters. The van der Waals surface area contributed by atoms with Gasteiger partial charge in [-0.2, -0.15) is 10.1 Å². The van der Waals surface area contributed by atoms with Crippen LogP contribution in [0.4, 0.5) is 8.78 Å². The van der Waals surface area contributed by atoms with Gasteiger partial charge in [-0.05, 0) is 19.1 Å². The second-order valence-electron chi connectivity index (χ2n) is 3.99. The molecule has 0 unspecified atom stereocenters. The SMILES string of the molecule is Cc1c(C(=O)N=C(N)N)cnn1-c1ccc(F)cc1F. The number of carbonyl (C=O) groups excluding carboxylic acids is 1. The van der Waals surface area contributed by atoms with E-state index in [0.717, 1.165) is 12.1 Å². The summed E-state index contributed by atoms with van der Waals surface area (Å²) in [4.78, 5) is 15.1. The topological polar surface area (TPSA) is 99.3 Å². The predicted molar refractivity (Wildman–Crippen MR) is 68.4 cm³/mol. The van der Waals surface area contributed by atoms with Crippen LogP contribution in [0.5, 0.6) is 0 Å². The van der Waals surface area contributed by atoms with Crippen LogP contribution in [0, 0.1) is 18.6 Å². The summed E-state index contributed by atoms with van der Waals surface area (Å²) in [7, 11) is 0. The van der Waals surface area contributed by atoms with Crippen molar-refractivity contribution in [2.45, 2.75) is 6.92 Å². The second-order valence-corrected chi connectivity index (χ2v) is 3.99. The van der Waals surface area contributed by atoms with Gasteiger partial charge in [0.1, 0.15) is 11.5 Å². The second kappa shape index (κ2) is 5.08. The molecular weight excluding hydrogens is 268 g/mol. The summed E-state index contributed by atoms with van der Waals surface area (Å²) in [5.74, 6) is -2.56. The van der Waals surface area contributed by atoms with Gasteiger partial charge in [-0.15, -0.1) is 0 Å². The van der Waals surface area contributed by atoms with Crippen LogP contribution in [-0.4, -0.2) is 21.6 Å². The highest BCUT2D eigenvalue weighted by Gasteiger charge is 2.17. The van der Waals surface area contributed by atoms with Crippen LogP contribution in [0.15, 0.2) is 29.4 Å². The molecule has 20 heavy (non-hydrogen) atoms. The lowest BCUT2D eigenvalue weighted by Gasteiger charge is -2.06. The number of nitrogens with two attached hydrogens (primary N) is 2. The Morgan fingerprint density at radius 2 is 2.05 bits per heavy atom. The van der Waals surface area contributed by atoms with Crippen LogP contribution in [0.3, 0.4) is 0 Å². The Labute approximate surface area is 112 Å². The Morgan fingerprint density at radius 1 is 1.35 bits per heavy atom. The van der Waals surface area contributed by atoms with Crippen molar-refractivity contribution >= 4 is 11.9 Å². The summed E-state index contributed by atoms with van der Waals surface area (Å²) < 4.78 is 27.7. The van der Waals surface area contributed by atoms with Gasteiger partial charge in [0.05, 0.1) is 17.5 Å². The third-order valence-electron chi connectivity index (χ3n) is 2.61. The molecule has 0 bridgehead atoms. The Kier molecular flexibility index (Phi) is 3.47. The quantitative estimate of drug-likeness (QED) is 0.629. The molecule has 6 nitrogen and oxygen atoms in total. The molecule has 2 rings (SSSR count). The zero-order chi connectivity index (χ0) is 14.9. The molecular formula is C12H11F2N5O. The van der Waals surface area contributed by atoms with Gasteiger partial charge in [0.25, 0.3) is 5.91 Å². The molecule has 0 spiro atoms. The van der Waals surface area contributed by atoms with Gasteiger partial charge in [0, 0.05) is 6.07 Å². The van der Waals surface area contributed by atoms with E-state index < -0.39 is 17.5 Å². The van der Waals surface area contributed by atoms with Crippen LogP contribution in [-0.2, 0) is 0 Å². The Morgan fingerprint density at radius 3 is 2.65 bits per heavy atom. The maximum Gasteiger partial charge on any atom is 0.283 e. The van der Waals surface area contributed by atoms with E-state index >= 15 is 0 Å². The molecule has 1 amide bonds. The van der Waals surface area contributed by atoms with Crippen LogP contribution in [0.2, 0.25) is 0 Å². The zero-order valence-electron chi connectivity index (χ0n) is 10.5. The highest BCUT2D eigenvalue weighted by molar-refractivity contribution is 6.02. The highest BCUT2D eigenvalue weighted by atomic mass is 19.1. The fourth-order valence-electron chi connectivity index (χ4n) is 1.69. The van der Waals surface area contributed by atoms with Crippen molar-refractivity contribution in [1.82, 2.24) is 9.78 Å². The van der Waals surface area contributed by atoms with Crippen LogP contribution >= 0.6 is 0 Å². The molecule has 0 saturated carbocycles. The van der Waals surface area contributed by atoms with Crippen molar-refractivity contribution in [1.29, 1.82) is 0 Å². The van der Waals surface area contributed by atoms with Crippen LogP contribution in [0.25, 0.3) is 5.69 Å². The van der Waals surface area contributed by atoms with Crippen molar-refractivity contribution in [3.8, 4) is 5.69 Å². The molecule has 0 saturated heterocycles. The average Bonchev–Trinajstić information content (AvgIpc) is 2.70. The van der Waals surface area contributed by atoms with Gasteiger partial charge >= 0.3 is 0 Å². The number of nitrogens with zero attached hydrogens (tertiary/aromatic N) is 3. The Bertz CT molecular complexity index is 704. The van der Waals surface area contributed by atoms with E-state index in [-0.39, 0.29) is 17.2 Å². The Balaban J connectivity index is 2.48. The molecule has 1 aromatic heterocycles. The van der Waals surface area contributed by atoms with Crippen molar-refractivity contribution < 1.29 is 13.6 Å². The number of hydrogen-bond acceptors (Lipinski definition) is 2. The fraction of sp³-hybridized carbons (Fsp3) is 0.0833. The Hall–Kier alpha value is -2.77. The molecule has 2 aromatic rings. The van der Waals surface area contributed by atoms with E-state index in [4.69, 9.17) is 11.5 Å². The lowest BCUT2D eigenvalue weighted by atomic mass is 10.2. The molecule has 1 heterocycles. The molecule has 0 aliphatic rings. The van der Waals surface area contributed by atoms with Crippen LogP contribution in [0.1, 0.15) is 16.1 Å². The first-order chi connectivity index (χ1) is 9.40.